The summed E-state index contributed by atoms with van der Waals surface area (Å²) in [4.78, 5) is 12.8. The van der Waals surface area contributed by atoms with Crippen LogP contribution in [-0.2, 0) is 9.84 Å². The first kappa shape index (κ1) is 21.7. The van der Waals surface area contributed by atoms with Crippen molar-refractivity contribution >= 4 is 33.0 Å². The standard InChI is InChI=1S/C21H21ClN2O5S/c1-28-20-14-19(24-8-3-4-9-24)18(22)13-17(20)21(25)23-15-6-5-7-16(12-15)29-10-11-30(2,26)27/h3-9,12-14H,10-11H2,1-2H3,(H,23,25). The molecule has 2 aromatic carbocycles. The van der Waals surface area contributed by atoms with Gasteiger partial charge in [0.2, 0.25) is 0 Å². The summed E-state index contributed by atoms with van der Waals surface area (Å²) < 4.78 is 35.1. The molecule has 30 heavy (non-hydrogen) atoms. The van der Waals surface area contributed by atoms with Crippen LogP contribution in [0.4, 0.5) is 5.69 Å². The number of nitrogens with one attached hydrogen (secondary N) is 1. The second kappa shape index (κ2) is 9.23. The van der Waals surface area contributed by atoms with Gasteiger partial charge in [-0.2, -0.15) is 0 Å². The van der Waals surface area contributed by atoms with Crippen LogP contribution in [-0.4, -0.2) is 44.6 Å². The fraction of sp³-hybridized carbons (Fsp3) is 0.190. The number of hydrogen-bond donors (Lipinski definition) is 1. The van der Waals surface area contributed by atoms with Crippen molar-refractivity contribution in [3.05, 3.63) is 71.5 Å². The summed E-state index contributed by atoms with van der Waals surface area (Å²) in [5, 5.41) is 3.18. The minimum absolute atomic E-state index is 0.0283. The Hall–Kier alpha value is -2.97. The maximum atomic E-state index is 12.8. The number of carbonyl (C=O) groups excluding carboxylic acids is 1. The SMILES string of the molecule is COc1cc(-n2cccc2)c(Cl)cc1C(=O)Nc1cccc(OCCS(C)(=O)=O)c1. The lowest BCUT2D eigenvalue weighted by atomic mass is 10.1. The molecule has 1 heterocycles. The molecule has 0 bridgehead atoms. The summed E-state index contributed by atoms with van der Waals surface area (Å²) in [6.07, 6.45) is 4.83. The monoisotopic (exact) mass is 448 g/mol. The van der Waals surface area contributed by atoms with E-state index in [1.807, 2.05) is 29.1 Å². The van der Waals surface area contributed by atoms with Gasteiger partial charge in [-0.25, -0.2) is 8.42 Å². The van der Waals surface area contributed by atoms with Gasteiger partial charge < -0.3 is 19.4 Å². The molecule has 0 aliphatic heterocycles. The van der Waals surface area contributed by atoms with E-state index < -0.39 is 15.7 Å². The van der Waals surface area contributed by atoms with Gasteiger partial charge in [0, 0.05) is 36.5 Å². The summed E-state index contributed by atoms with van der Waals surface area (Å²) in [7, 11) is -1.63. The number of aromatic nitrogens is 1. The van der Waals surface area contributed by atoms with E-state index in [1.165, 1.54) is 7.11 Å². The Morgan fingerprint density at radius 3 is 2.53 bits per heavy atom. The van der Waals surface area contributed by atoms with Crippen molar-refractivity contribution in [2.45, 2.75) is 0 Å². The Bertz CT molecular complexity index is 1140. The first-order chi connectivity index (χ1) is 14.3. The second-order valence-corrected chi connectivity index (χ2v) is 9.22. The fourth-order valence-corrected chi connectivity index (χ4v) is 3.40. The van der Waals surface area contributed by atoms with Crippen molar-refractivity contribution in [2.75, 3.05) is 31.0 Å². The van der Waals surface area contributed by atoms with Gasteiger partial charge in [-0.15, -0.1) is 0 Å². The quantitative estimate of drug-likeness (QED) is 0.566. The minimum atomic E-state index is -3.11. The van der Waals surface area contributed by atoms with E-state index in [0.29, 0.717) is 27.9 Å². The molecule has 9 heteroatoms. The molecule has 0 saturated carbocycles. The van der Waals surface area contributed by atoms with Gasteiger partial charge in [0.15, 0.2) is 9.84 Å². The minimum Gasteiger partial charge on any atom is -0.496 e. The molecule has 1 aromatic heterocycles. The van der Waals surface area contributed by atoms with Crippen LogP contribution >= 0.6 is 11.6 Å². The highest BCUT2D eigenvalue weighted by Crippen LogP contribution is 2.30. The van der Waals surface area contributed by atoms with Crippen molar-refractivity contribution in [2.24, 2.45) is 0 Å². The van der Waals surface area contributed by atoms with Crippen LogP contribution in [0.1, 0.15) is 10.4 Å². The predicted octanol–water partition coefficient (Wildman–Crippen LogP) is 3.82. The number of anilines is 1. The normalized spacial score (nSPS) is 11.2. The third-order valence-electron chi connectivity index (χ3n) is 4.21. The lowest BCUT2D eigenvalue weighted by molar-refractivity contribution is 0.102. The smallest absolute Gasteiger partial charge is 0.259 e. The summed E-state index contributed by atoms with van der Waals surface area (Å²) in [6.45, 7) is 0.0283. The number of halogens is 1. The molecule has 0 atom stereocenters. The number of carbonyl (C=O) groups is 1. The number of ether oxygens (including phenoxy) is 2. The lowest BCUT2D eigenvalue weighted by Gasteiger charge is -2.14. The van der Waals surface area contributed by atoms with E-state index in [-0.39, 0.29) is 17.9 Å². The zero-order chi connectivity index (χ0) is 21.7. The average molecular weight is 449 g/mol. The Morgan fingerprint density at radius 2 is 1.87 bits per heavy atom. The molecule has 0 aliphatic carbocycles. The largest absolute Gasteiger partial charge is 0.496 e. The first-order valence-corrected chi connectivity index (χ1v) is 11.4. The van der Waals surface area contributed by atoms with Crippen molar-refractivity contribution < 1.29 is 22.7 Å². The Balaban J connectivity index is 1.77. The number of nitrogens with zero attached hydrogens (tertiary/aromatic N) is 1. The van der Waals surface area contributed by atoms with Crippen LogP contribution in [0.15, 0.2) is 60.9 Å². The second-order valence-electron chi connectivity index (χ2n) is 6.55. The molecule has 3 rings (SSSR count). The number of hydrogen-bond acceptors (Lipinski definition) is 5. The number of benzene rings is 2. The fourth-order valence-electron chi connectivity index (χ4n) is 2.75. The number of sulfone groups is 1. The maximum Gasteiger partial charge on any atom is 0.259 e. The number of methoxy groups -OCH3 is 1. The molecule has 158 valence electrons. The van der Waals surface area contributed by atoms with Crippen LogP contribution < -0.4 is 14.8 Å². The Labute approximate surface area is 180 Å². The zero-order valence-electron chi connectivity index (χ0n) is 16.5. The van der Waals surface area contributed by atoms with Crippen LogP contribution in [0.25, 0.3) is 5.69 Å². The highest BCUT2D eigenvalue weighted by atomic mass is 35.5. The average Bonchev–Trinajstić information content (AvgIpc) is 3.21. The molecule has 0 fully saturated rings. The molecule has 3 aromatic rings. The Morgan fingerprint density at radius 1 is 1.13 bits per heavy atom. The summed E-state index contributed by atoms with van der Waals surface area (Å²) >= 11 is 6.39. The van der Waals surface area contributed by atoms with E-state index in [9.17, 15) is 13.2 Å². The topological polar surface area (TPSA) is 86.6 Å². The summed E-state index contributed by atoms with van der Waals surface area (Å²) in [6, 6.07) is 13.7. The van der Waals surface area contributed by atoms with Crippen LogP contribution in [0.2, 0.25) is 5.02 Å². The van der Waals surface area contributed by atoms with E-state index in [4.69, 9.17) is 21.1 Å². The molecule has 0 radical (unpaired) electrons. The van der Waals surface area contributed by atoms with E-state index in [1.54, 1.807) is 36.4 Å². The summed E-state index contributed by atoms with van der Waals surface area (Å²) in [5.74, 6) is 0.333. The van der Waals surface area contributed by atoms with Gasteiger partial charge >= 0.3 is 0 Å². The van der Waals surface area contributed by atoms with Crippen LogP contribution in [0, 0.1) is 0 Å². The maximum absolute atomic E-state index is 12.8. The highest BCUT2D eigenvalue weighted by Gasteiger charge is 2.17. The van der Waals surface area contributed by atoms with Gasteiger partial charge in [-0.1, -0.05) is 17.7 Å². The van der Waals surface area contributed by atoms with Crippen LogP contribution in [0.5, 0.6) is 11.5 Å². The number of amides is 1. The third kappa shape index (κ3) is 5.55. The molecule has 0 unspecified atom stereocenters. The summed E-state index contributed by atoms with van der Waals surface area (Å²) in [5.41, 5.74) is 1.46. The van der Waals surface area contributed by atoms with Gasteiger partial charge in [0.25, 0.3) is 5.91 Å². The van der Waals surface area contributed by atoms with Crippen molar-refractivity contribution in [1.29, 1.82) is 0 Å². The molecule has 1 N–H and O–H groups in total. The molecule has 0 saturated heterocycles. The third-order valence-corrected chi connectivity index (χ3v) is 5.42. The number of rotatable bonds is 8. The molecular formula is C21H21ClN2O5S. The molecule has 0 spiro atoms. The van der Waals surface area contributed by atoms with Crippen LogP contribution in [0.3, 0.4) is 0 Å². The molecular weight excluding hydrogens is 428 g/mol. The zero-order valence-corrected chi connectivity index (χ0v) is 18.0. The molecule has 1 amide bonds. The van der Waals surface area contributed by atoms with E-state index >= 15 is 0 Å². The molecule has 0 aliphatic rings. The van der Waals surface area contributed by atoms with Gasteiger partial charge in [0.1, 0.15) is 18.1 Å². The van der Waals surface area contributed by atoms with Crippen molar-refractivity contribution in [1.82, 2.24) is 4.57 Å². The predicted molar refractivity (Wildman–Crippen MR) is 117 cm³/mol. The van der Waals surface area contributed by atoms with Gasteiger partial charge in [-0.05, 0) is 30.3 Å². The van der Waals surface area contributed by atoms with Gasteiger partial charge in [0.05, 0.1) is 29.1 Å². The molecule has 7 nitrogen and oxygen atoms in total. The Kier molecular flexibility index (Phi) is 6.69. The van der Waals surface area contributed by atoms with Crippen molar-refractivity contribution in [3.8, 4) is 17.2 Å². The lowest BCUT2D eigenvalue weighted by Crippen LogP contribution is -2.14. The van der Waals surface area contributed by atoms with Gasteiger partial charge in [-0.3, -0.25) is 4.79 Å². The van der Waals surface area contributed by atoms with E-state index in [0.717, 1.165) is 6.26 Å². The van der Waals surface area contributed by atoms with Crippen molar-refractivity contribution in [3.63, 3.8) is 0 Å². The first-order valence-electron chi connectivity index (χ1n) is 8.99. The highest BCUT2D eigenvalue weighted by molar-refractivity contribution is 7.90. The van der Waals surface area contributed by atoms with E-state index in [2.05, 4.69) is 5.32 Å².